The summed E-state index contributed by atoms with van der Waals surface area (Å²) in [7, 11) is 0. The van der Waals surface area contributed by atoms with Crippen LogP contribution in [0.15, 0.2) is 206 Å². The Morgan fingerprint density at radius 1 is 0.298 bits per heavy atom. The molecule has 0 aliphatic rings. The molecule has 11 rings (SSSR count). The molecule has 0 radical (unpaired) electrons. The Balaban J connectivity index is 1.16. The molecule has 4 heteroatoms. The second kappa shape index (κ2) is 13.6. The molecule has 2 heterocycles. The summed E-state index contributed by atoms with van der Waals surface area (Å²) in [5.41, 5.74) is 11.1. The first-order chi connectivity index (χ1) is 28.3. The van der Waals surface area contributed by atoms with Crippen molar-refractivity contribution in [3.63, 3.8) is 0 Å². The molecule has 0 bridgehead atoms. The maximum absolute atomic E-state index is 5.15. The SMILES string of the molecule is c1ccc(-c2ccc3c(c2)c2c(-c4ccc5c(c4)cc(-c4nc(-c6ccccc6)nc(-c6ccccc6)n4)c4ccccc45)cccc2n3-c2ccccc2)cc1. The molecule has 0 aliphatic carbocycles. The van der Waals surface area contributed by atoms with Gasteiger partial charge >= 0.3 is 0 Å². The van der Waals surface area contributed by atoms with E-state index in [4.69, 9.17) is 15.0 Å². The van der Waals surface area contributed by atoms with Gasteiger partial charge in [0, 0.05) is 33.2 Å². The summed E-state index contributed by atoms with van der Waals surface area (Å²) in [6, 6.07) is 73.0. The zero-order chi connectivity index (χ0) is 37.7. The van der Waals surface area contributed by atoms with Crippen LogP contribution in [0, 0.1) is 0 Å². The van der Waals surface area contributed by atoms with Crippen molar-refractivity contribution in [1.82, 2.24) is 19.5 Å². The van der Waals surface area contributed by atoms with Gasteiger partial charge in [-0.15, -0.1) is 0 Å². The first-order valence-corrected chi connectivity index (χ1v) is 19.3. The van der Waals surface area contributed by atoms with E-state index in [1.165, 1.54) is 43.9 Å². The number of hydrogen-bond acceptors (Lipinski definition) is 3. The standard InChI is InChI=1S/C53H34N4/c1-5-16-35(17-6-1)38-29-31-48-47(33-38)50-43(26-15-27-49(50)57(48)41-22-11-4-12-23-41)39-28-30-42-40(32-39)34-46(45-25-14-13-24-44(42)45)53-55-51(36-18-7-2-8-19-36)54-52(56-53)37-20-9-3-10-21-37/h1-34H. The topological polar surface area (TPSA) is 43.6 Å². The number of benzene rings is 9. The second-order valence-corrected chi connectivity index (χ2v) is 14.4. The lowest BCUT2D eigenvalue weighted by molar-refractivity contribution is 1.08. The van der Waals surface area contributed by atoms with Crippen LogP contribution < -0.4 is 0 Å². The van der Waals surface area contributed by atoms with E-state index in [1.807, 2.05) is 36.4 Å². The first kappa shape index (κ1) is 32.7. The van der Waals surface area contributed by atoms with Gasteiger partial charge in [0.15, 0.2) is 17.5 Å². The predicted octanol–water partition coefficient (Wildman–Crippen LogP) is 13.6. The van der Waals surface area contributed by atoms with Crippen molar-refractivity contribution >= 4 is 43.4 Å². The van der Waals surface area contributed by atoms with Crippen LogP contribution in [-0.2, 0) is 0 Å². The summed E-state index contributed by atoms with van der Waals surface area (Å²) in [5, 5.41) is 7.01. The van der Waals surface area contributed by atoms with Crippen LogP contribution in [0.5, 0.6) is 0 Å². The molecule has 0 saturated carbocycles. The number of fused-ring (bicyclic) bond motifs is 6. The van der Waals surface area contributed by atoms with Gasteiger partial charge in [-0.25, -0.2) is 15.0 Å². The van der Waals surface area contributed by atoms with Crippen LogP contribution in [0.2, 0.25) is 0 Å². The fourth-order valence-electron chi connectivity index (χ4n) is 8.37. The van der Waals surface area contributed by atoms with Crippen molar-refractivity contribution in [2.75, 3.05) is 0 Å². The van der Waals surface area contributed by atoms with Crippen LogP contribution >= 0.6 is 0 Å². The molecule has 0 amide bonds. The zero-order valence-corrected chi connectivity index (χ0v) is 30.9. The molecule has 0 unspecified atom stereocenters. The van der Waals surface area contributed by atoms with Crippen molar-refractivity contribution < 1.29 is 0 Å². The summed E-state index contributed by atoms with van der Waals surface area (Å²) in [6.07, 6.45) is 0. The smallest absolute Gasteiger partial charge is 0.164 e. The summed E-state index contributed by atoms with van der Waals surface area (Å²) >= 11 is 0. The van der Waals surface area contributed by atoms with Crippen molar-refractivity contribution in [2.24, 2.45) is 0 Å². The van der Waals surface area contributed by atoms with Gasteiger partial charge in [-0.2, -0.15) is 0 Å². The van der Waals surface area contributed by atoms with Crippen LogP contribution in [0.4, 0.5) is 0 Å². The van der Waals surface area contributed by atoms with Gasteiger partial charge in [0.1, 0.15) is 0 Å². The second-order valence-electron chi connectivity index (χ2n) is 14.4. The Morgan fingerprint density at radius 2 is 0.877 bits per heavy atom. The minimum Gasteiger partial charge on any atom is -0.309 e. The van der Waals surface area contributed by atoms with E-state index >= 15 is 0 Å². The molecule has 0 saturated heterocycles. The third kappa shape index (κ3) is 5.66. The highest BCUT2D eigenvalue weighted by Crippen LogP contribution is 2.42. The number of hydrogen-bond donors (Lipinski definition) is 0. The Morgan fingerprint density at radius 3 is 1.56 bits per heavy atom. The lowest BCUT2D eigenvalue weighted by Gasteiger charge is -2.14. The average molecular weight is 727 g/mol. The minimum absolute atomic E-state index is 0.646. The molecule has 0 fully saturated rings. The van der Waals surface area contributed by atoms with E-state index in [0.717, 1.165) is 44.1 Å². The molecule has 0 N–H and O–H groups in total. The molecule has 0 atom stereocenters. The molecule has 57 heavy (non-hydrogen) atoms. The summed E-state index contributed by atoms with van der Waals surface area (Å²) in [4.78, 5) is 15.3. The first-order valence-electron chi connectivity index (χ1n) is 19.3. The Labute approximate surface area is 330 Å². The van der Waals surface area contributed by atoms with Crippen LogP contribution in [0.1, 0.15) is 0 Å². The molecule has 4 nitrogen and oxygen atoms in total. The van der Waals surface area contributed by atoms with Crippen LogP contribution in [0.25, 0.3) is 105 Å². The van der Waals surface area contributed by atoms with Gasteiger partial charge in [0.05, 0.1) is 11.0 Å². The number of nitrogens with zero attached hydrogens (tertiary/aromatic N) is 4. The van der Waals surface area contributed by atoms with E-state index in [1.54, 1.807) is 0 Å². The monoisotopic (exact) mass is 726 g/mol. The third-order valence-corrected chi connectivity index (χ3v) is 11.0. The summed E-state index contributed by atoms with van der Waals surface area (Å²) in [6.45, 7) is 0. The molecule has 266 valence electrons. The largest absolute Gasteiger partial charge is 0.309 e. The molecule has 9 aromatic carbocycles. The van der Waals surface area contributed by atoms with Gasteiger partial charge in [-0.3, -0.25) is 0 Å². The van der Waals surface area contributed by atoms with E-state index in [9.17, 15) is 0 Å². The lowest BCUT2D eigenvalue weighted by Crippen LogP contribution is -2.00. The van der Waals surface area contributed by atoms with Crippen molar-refractivity contribution in [3.05, 3.63) is 206 Å². The predicted molar refractivity (Wildman–Crippen MR) is 236 cm³/mol. The quantitative estimate of drug-likeness (QED) is 0.160. The number of rotatable bonds is 6. The van der Waals surface area contributed by atoms with Gasteiger partial charge in [-0.1, -0.05) is 164 Å². The van der Waals surface area contributed by atoms with Crippen molar-refractivity contribution in [3.8, 4) is 62.1 Å². The normalized spacial score (nSPS) is 11.5. The lowest BCUT2D eigenvalue weighted by atomic mass is 9.92. The molecular formula is C53H34N4. The molecule has 0 spiro atoms. The highest BCUT2D eigenvalue weighted by atomic mass is 15.0. The van der Waals surface area contributed by atoms with E-state index in [-0.39, 0.29) is 0 Å². The number of para-hydroxylation sites is 1. The molecule has 2 aromatic heterocycles. The van der Waals surface area contributed by atoms with Gasteiger partial charge < -0.3 is 4.57 Å². The van der Waals surface area contributed by atoms with Gasteiger partial charge in [0.25, 0.3) is 0 Å². The Hall–Kier alpha value is -7.69. The van der Waals surface area contributed by atoms with Crippen LogP contribution in [0.3, 0.4) is 0 Å². The average Bonchev–Trinajstić information content (AvgIpc) is 3.63. The summed E-state index contributed by atoms with van der Waals surface area (Å²) in [5.74, 6) is 1.94. The van der Waals surface area contributed by atoms with Crippen molar-refractivity contribution in [1.29, 1.82) is 0 Å². The fourth-order valence-corrected chi connectivity index (χ4v) is 8.37. The van der Waals surface area contributed by atoms with Gasteiger partial charge in [0.2, 0.25) is 0 Å². The maximum Gasteiger partial charge on any atom is 0.164 e. The van der Waals surface area contributed by atoms with E-state index in [2.05, 4.69) is 174 Å². The zero-order valence-electron chi connectivity index (χ0n) is 30.9. The highest BCUT2D eigenvalue weighted by molar-refractivity contribution is 6.18. The van der Waals surface area contributed by atoms with Crippen LogP contribution in [-0.4, -0.2) is 19.5 Å². The fraction of sp³-hybridized carbons (Fsp3) is 0. The number of aromatic nitrogens is 4. The highest BCUT2D eigenvalue weighted by Gasteiger charge is 2.19. The Kier molecular flexibility index (Phi) is 7.78. The maximum atomic E-state index is 5.15. The summed E-state index contributed by atoms with van der Waals surface area (Å²) < 4.78 is 2.39. The van der Waals surface area contributed by atoms with Gasteiger partial charge in [-0.05, 0) is 86.3 Å². The minimum atomic E-state index is 0.646. The molecular weight excluding hydrogens is 693 g/mol. The van der Waals surface area contributed by atoms with E-state index < -0.39 is 0 Å². The van der Waals surface area contributed by atoms with E-state index in [0.29, 0.717) is 17.5 Å². The molecule has 11 aromatic rings. The third-order valence-electron chi connectivity index (χ3n) is 11.0. The Bertz CT molecular complexity index is 3210. The van der Waals surface area contributed by atoms with Crippen molar-refractivity contribution in [2.45, 2.75) is 0 Å². The molecule has 0 aliphatic heterocycles.